The number of esters is 1. The minimum atomic E-state index is 0.0813. The summed E-state index contributed by atoms with van der Waals surface area (Å²) >= 11 is 0. The first kappa shape index (κ1) is 8.75. The van der Waals surface area contributed by atoms with Gasteiger partial charge >= 0.3 is 5.97 Å². The van der Waals surface area contributed by atoms with Crippen LogP contribution in [0.15, 0.2) is 0 Å². The Morgan fingerprint density at radius 3 is 3.00 bits per heavy atom. The molecule has 3 aliphatic carbocycles. The van der Waals surface area contributed by atoms with Crippen LogP contribution in [0.1, 0.15) is 39.0 Å². The molecule has 2 nitrogen and oxygen atoms in total. The van der Waals surface area contributed by atoms with Crippen LogP contribution in [-0.4, -0.2) is 12.6 Å². The number of carbonyl (C=O) groups excluding carboxylic acids is 1. The van der Waals surface area contributed by atoms with Crippen molar-refractivity contribution in [2.45, 2.75) is 39.0 Å². The zero-order valence-corrected chi connectivity index (χ0v) is 8.79. The van der Waals surface area contributed by atoms with E-state index < -0.39 is 0 Å². The van der Waals surface area contributed by atoms with Crippen LogP contribution < -0.4 is 0 Å². The fourth-order valence-electron chi connectivity index (χ4n) is 4.03. The van der Waals surface area contributed by atoms with Crippen LogP contribution in [0.2, 0.25) is 0 Å². The van der Waals surface area contributed by atoms with E-state index in [1.54, 1.807) is 0 Å². The van der Waals surface area contributed by atoms with Gasteiger partial charge in [0.05, 0.1) is 12.5 Å². The predicted octanol–water partition coefficient (Wildman–Crippen LogP) is 2.38. The Hall–Kier alpha value is -0.530. The quantitative estimate of drug-likeness (QED) is 0.631. The Morgan fingerprint density at radius 2 is 2.29 bits per heavy atom. The van der Waals surface area contributed by atoms with Gasteiger partial charge in [-0.2, -0.15) is 0 Å². The molecule has 0 aromatic heterocycles. The molecule has 4 atom stereocenters. The van der Waals surface area contributed by atoms with Crippen molar-refractivity contribution in [1.82, 2.24) is 0 Å². The summed E-state index contributed by atoms with van der Waals surface area (Å²) in [5, 5.41) is 0. The third-order valence-electron chi connectivity index (χ3n) is 4.73. The Balaban J connectivity index is 1.65. The van der Waals surface area contributed by atoms with Crippen LogP contribution in [0.4, 0.5) is 0 Å². The topological polar surface area (TPSA) is 26.3 Å². The first-order chi connectivity index (χ1) is 6.78. The molecule has 0 aliphatic heterocycles. The Kier molecular flexibility index (Phi) is 1.71. The highest BCUT2D eigenvalue weighted by Gasteiger charge is 2.71. The lowest BCUT2D eigenvalue weighted by Crippen LogP contribution is -2.37. The van der Waals surface area contributed by atoms with E-state index in [0.717, 1.165) is 18.3 Å². The van der Waals surface area contributed by atoms with Gasteiger partial charge in [-0.3, -0.25) is 4.79 Å². The summed E-state index contributed by atoms with van der Waals surface area (Å²) < 4.78 is 5.11. The average molecular weight is 194 g/mol. The summed E-state index contributed by atoms with van der Waals surface area (Å²) in [6, 6.07) is 0. The number of ether oxygens (including phenoxy) is 1. The van der Waals surface area contributed by atoms with Crippen molar-refractivity contribution in [3.8, 4) is 0 Å². The van der Waals surface area contributed by atoms with Crippen molar-refractivity contribution in [1.29, 1.82) is 0 Å². The maximum absolute atomic E-state index is 11.6. The van der Waals surface area contributed by atoms with Gasteiger partial charge in [-0.15, -0.1) is 0 Å². The van der Waals surface area contributed by atoms with E-state index in [4.69, 9.17) is 4.74 Å². The van der Waals surface area contributed by atoms with E-state index in [9.17, 15) is 4.79 Å². The average Bonchev–Trinajstić information content (AvgIpc) is 2.79. The molecule has 0 saturated heterocycles. The highest BCUT2D eigenvalue weighted by molar-refractivity contribution is 5.77. The minimum Gasteiger partial charge on any atom is -0.466 e. The van der Waals surface area contributed by atoms with Crippen LogP contribution in [0, 0.1) is 23.2 Å². The largest absolute Gasteiger partial charge is 0.466 e. The molecule has 0 bridgehead atoms. The predicted molar refractivity (Wildman–Crippen MR) is 52.6 cm³/mol. The molecular weight excluding hydrogens is 176 g/mol. The first-order valence-electron chi connectivity index (χ1n) is 5.94. The molecule has 1 spiro atoms. The van der Waals surface area contributed by atoms with Crippen molar-refractivity contribution in [2.75, 3.05) is 6.61 Å². The van der Waals surface area contributed by atoms with E-state index in [0.29, 0.717) is 12.0 Å². The van der Waals surface area contributed by atoms with E-state index in [-0.39, 0.29) is 11.9 Å². The summed E-state index contributed by atoms with van der Waals surface area (Å²) in [6.07, 6.45) is 6.64. The fourth-order valence-corrected chi connectivity index (χ4v) is 4.03. The molecule has 0 radical (unpaired) electrons. The van der Waals surface area contributed by atoms with Gasteiger partial charge in [-0.25, -0.2) is 0 Å². The smallest absolute Gasteiger partial charge is 0.309 e. The lowest BCUT2D eigenvalue weighted by molar-refractivity contribution is -0.147. The first-order valence-corrected chi connectivity index (χ1v) is 5.94. The summed E-state index contributed by atoms with van der Waals surface area (Å²) in [4.78, 5) is 11.6. The molecule has 3 rings (SSSR count). The van der Waals surface area contributed by atoms with Crippen molar-refractivity contribution < 1.29 is 9.53 Å². The molecule has 0 amide bonds. The van der Waals surface area contributed by atoms with E-state index in [2.05, 4.69) is 0 Å². The van der Waals surface area contributed by atoms with Gasteiger partial charge in [-0.05, 0) is 43.4 Å². The van der Waals surface area contributed by atoms with Crippen LogP contribution in [-0.2, 0) is 9.53 Å². The Morgan fingerprint density at radius 1 is 1.43 bits per heavy atom. The van der Waals surface area contributed by atoms with Crippen LogP contribution in [0.5, 0.6) is 0 Å². The van der Waals surface area contributed by atoms with Gasteiger partial charge in [0.15, 0.2) is 0 Å². The summed E-state index contributed by atoms with van der Waals surface area (Å²) in [7, 11) is 0. The third-order valence-corrected chi connectivity index (χ3v) is 4.73. The summed E-state index contributed by atoms with van der Waals surface area (Å²) in [5.41, 5.74) is 0.438. The normalized spacial score (nSPS) is 48.5. The molecule has 0 N–H and O–H groups in total. The lowest BCUT2D eigenvalue weighted by Gasteiger charge is -2.42. The number of carbonyl (C=O) groups is 1. The molecule has 14 heavy (non-hydrogen) atoms. The second-order valence-corrected chi connectivity index (χ2v) is 5.24. The Labute approximate surface area is 85.0 Å². The van der Waals surface area contributed by atoms with Gasteiger partial charge < -0.3 is 4.74 Å². The molecule has 3 fully saturated rings. The van der Waals surface area contributed by atoms with Crippen LogP contribution >= 0.6 is 0 Å². The SMILES string of the molecule is CCOC(=O)C1CC12CC1CCCC12. The van der Waals surface area contributed by atoms with E-state index in [1.165, 1.54) is 25.7 Å². The highest BCUT2D eigenvalue weighted by atomic mass is 16.5. The van der Waals surface area contributed by atoms with Gasteiger partial charge in [-0.1, -0.05) is 12.8 Å². The minimum absolute atomic E-state index is 0.0813. The molecular formula is C12H18O2. The van der Waals surface area contributed by atoms with E-state index >= 15 is 0 Å². The van der Waals surface area contributed by atoms with Crippen LogP contribution in [0.3, 0.4) is 0 Å². The van der Waals surface area contributed by atoms with Crippen molar-refractivity contribution in [2.24, 2.45) is 23.2 Å². The molecule has 0 aromatic carbocycles. The van der Waals surface area contributed by atoms with Gasteiger partial charge in [0, 0.05) is 0 Å². The molecule has 3 aliphatic rings. The third kappa shape index (κ3) is 0.945. The molecule has 2 heteroatoms. The van der Waals surface area contributed by atoms with Crippen molar-refractivity contribution in [3.05, 3.63) is 0 Å². The highest BCUT2D eigenvalue weighted by Crippen LogP contribution is 2.74. The second-order valence-electron chi connectivity index (χ2n) is 5.24. The van der Waals surface area contributed by atoms with E-state index in [1.807, 2.05) is 6.92 Å². The summed E-state index contributed by atoms with van der Waals surface area (Å²) in [5.74, 6) is 2.21. The lowest BCUT2D eigenvalue weighted by atomic mass is 9.62. The number of hydrogen-bond donors (Lipinski definition) is 0. The molecule has 0 heterocycles. The van der Waals surface area contributed by atoms with Crippen molar-refractivity contribution >= 4 is 5.97 Å². The maximum atomic E-state index is 11.6. The van der Waals surface area contributed by atoms with Gasteiger partial charge in [0.25, 0.3) is 0 Å². The van der Waals surface area contributed by atoms with Gasteiger partial charge in [0.1, 0.15) is 0 Å². The number of fused-ring (bicyclic) bond motifs is 2. The maximum Gasteiger partial charge on any atom is 0.309 e. The number of rotatable bonds is 2. The second kappa shape index (κ2) is 2.74. The monoisotopic (exact) mass is 194 g/mol. The van der Waals surface area contributed by atoms with Gasteiger partial charge in [0.2, 0.25) is 0 Å². The number of hydrogen-bond acceptors (Lipinski definition) is 2. The van der Waals surface area contributed by atoms with Crippen LogP contribution in [0.25, 0.3) is 0 Å². The fraction of sp³-hybridized carbons (Fsp3) is 0.917. The standard InChI is InChI=1S/C12H18O2/c1-2-14-11(13)10-7-12(10)6-8-4-3-5-9(8)12/h8-10H,2-7H2,1H3. The Bertz CT molecular complexity index is 273. The summed E-state index contributed by atoms with van der Waals surface area (Å²) in [6.45, 7) is 2.44. The van der Waals surface area contributed by atoms with Crippen molar-refractivity contribution in [3.63, 3.8) is 0 Å². The molecule has 78 valence electrons. The molecule has 4 unspecified atom stereocenters. The molecule has 0 aromatic rings. The molecule has 3 saturated carbocycles. The zero-order valence-electron chi connectivity index (χ0n) is 8.79. The zero-order chi connectivity index (χ0) is 9.76.